The monoisotopic (exact) mass is 264 g/mol. The molecular formula is C15H12N4O. The first-order chi connectivity index (χ1) is 9.72. The molecule has 0 aliphatic rings. The van der Waals surface area contributed by atoms with E-state index in [9.17, 15) is 4.79 Å². The fourth-order valence-electron chi connectivity index (χ4n) is 1.95. The molecule has 0 saturated carbocycles. The maximum absolute atomic E-state index is 12.1. The van der Waals surface area contributed by atoms with Crippen LogP contribution >= 0.6 is 0 Å². The molecule has 2 aromatic heterocycles. The molecule has 0 aliphatic heterocycles. The molecule has 1 aromatic carbocycles. The number of pyridine rings is 2. The van der Waals surface area contributed by atoms with Gasteiger partial charge in [-0.25, -0.2) is 4.98 Å². The Morgan fingerprint density at radius 2 is 1.95 bits per heavy atom. The van der Waals surface area contributed by atoms with Crippen LogP contribution in [0.4, 0.5) is 11.5 Å². The molecule has 0 bridgehead atoms. The van der Waals surface area contributed by atoms with Gasteiger partial charge in [0, 0.05) is 29.0 Å². The lowest BCUT2D eigenvalue weighted by atomic mass is 10.2. The number of fused-ring (bicyclic) bond motifs is 1. The summed E-state index contributed by atoms with van der Waals surface area (Å²) in [7, 11) is 0. The molecule has 0 spiro atoms. The van der Waals surface area contributed by atoms with Gasteiger partial charge in [0.1, 0.15) is 5.82 Å². The average Bonchev–Trinajstić information content (AvgIpc) is 2.47. The van der Waals surface area contributed by atoms with Gasteiger partial charge in [-0.05, 0) is 36.4 Å². The van der Waals surface area contributed by atoms with E-state index in [4.69, 9.17) is 5.73 Å². The summed E-state index contributed by atoms with van der Waals surface area (Å²) >= 11 is 0. The third-order valence-electron chi connectivity index (χ3n) is 2.90. The van der Waals surface area contributed by atoms with Crippen molar-refractivity contribution in [2.45, 2.75) is 0 Å². The Morgan fingerprint density at radius 1 is 1.05 bits per heavy atom. The second kappa shape index (κ2) is 4.97. The maximum Gasteiger partial charge on any atom is 0.255 e. The number of hydrogen-bond acceptors (Lipinski definition) is 4. The molecule has 0 saturated heterocycles. The molecule has 5 nitrogen and oxygen atoms in total. The summed E-state index contributed by atoms with van der Waals surface area (Å²) in [4.78, 5) is 20.2. The number of hydrogen-bond donors (Lipinski definition) is 2. The molecule has 5 heteroatoms. The number of rotatable bonds is 2. The number of nitrogen functional groups attached to an aromatic ring is 1. The SMILES string of the molecule is Nc1cc(C(=O)Nc2ccc3ncccc3c2)ccn1. The third-order valence-corrected chi connectivity index (χ3v) is 2.90. The van der Waals surface area contributed by atoms with E-state index in [1.165, 1.54) is 12.3 Å². The molecular weight excluding hydrogens is 252 g/mol. The molecule has 3 aromatic rings. The van der Waals surface area contributed by atoms with Crippen LogP contribution in [0.25, 0.3) is 10.9 Å². The largest absolute Gasteiger partial charge is 0.384 e. The summed E-state index contributed by atoms with van der Waals surface area (Å²) in [6.07, 6.45) is 3.24. The molecule has 3 N–H and O–H groups in total. The van der Waals surface area contributed by atoms with Gasteiger partial charge in [-0.3, -0.25) is 9.78 Å². The lowest BCUT2D eigenvalue weighted by Crippen LogP contribution is -2.12. The van der Waals surface area contributed by atoms with Gasteiger partial charge in [0.05, 0.1) is 5.52 Å². The van der Waals surface area contributed by atoms with E-state index in [1.807, 2.05) is 30.3 Å². The Labute approximate surface area is 115 Å². The maximum atomic E-state index is 12.1. The molecule has 0 fully saturated rings. The van der Waals surface area contributed by atoms with E-state index in [-0.39, 0.29) is 5.91 Å². The lowest BCUT2D eigenvalue weighted by molar-refractivity contribution is 0.102. The van der Waals surface area contributed by atoms with Gasteiger partial charge in [0.25, 0.3) is 5.91 Å². The summed E-state index contributed by atoms with van der Waals surface area (Å²) in [5.74, 6) is 0.0997. The minimum Gasteiger partial charge on any atom is -0.384 e. The van der Waals surface area contributed by atoms with Gasteiger partial charge in [0.2, 0.25) is 0 Å². The molecule has 0 aliphatic carbocycles. The number of benzene rings is 1. The van der Waals surface area contributed by atoms with Crippen LogP contribution in [-0.2, 0) is 0 Å². The second-order valence-electron chi connectivity index (χ2n) is 4.33. The summed E-state index contributed by atoms with van der Waals surface area (Å²) in [6.45, 7) is 0. The summed E-state index contributed by atoms with van der Waals surface area (Å²) < 4.78 is 0. The number of anilines is 2. The Kier molecular flexibility index (Phi) is 3.01. The average molecular weight is 264 g/mol. The van der Waals surface area contributed by atoms with E-state index in [0.717, 1.165) is 10.9 Å². The smallest absolute Gasteiger partial charge is 0.255 e. The molecule has 1 amide bonds. The van der Waals surface area contributed by atoms with Gasteiger partial charge in [-0.15, -0.1) is 0 Å². The zero-order chi connectivity index (χ0) is 13.9. The third kappa shape index (κ3) is 2.42. The molecule has 2 heterocycles. The van der Waals surface area contributed by atoms with Gasteiger partial charge in [-0.1, -0.05) is 6.07 Å². The first-order valence-corrected chi connectivity index (χ1v) is 6.10. The van der Waals surface area contributed by atoms with Crippen molar-refractivity contribution in [1.82, 2.24) is 9.97 Å². The van der Waals surface area contributed by atoms with Crippen molar-refractivity contribution in [2.75, 3.05) is 11.1 Å². The standard InChI is InChI=1S/C15H12N4O/c16-14-9-11(5-7-18-14)15(20)19-12-3-4-13-10(8-12)2-1-6-17-13/h1-9H,(H2,16,18)(H,19,20). The number of amides is 1. The van der Waals surface area contributed by atoms with Crippen LogP contribution in [0.2, 0.25) is 0 Å². The highest BCUT2D eigenvalue weighted by molar-refractivity contribution is 6.05. The first-order valence-electron chi connectivity index (χ1n) is 6.10. The Hall–Kier alpha value is -2.95. The van der Waals surface area contributed by atoms with Crippen LogP contribution in [0.1, 0.15) is 10.4 Å². The number of nitrogens with two attached hydrogens (primary N) is 1. The van der Waals surface area contributed by atoms with E-state index in [1.54, 1.807) is 12.3 Å². The van der Waals surface area contributed by atoms with Crippen molar-refractivity contribution >= 4 is 28.3 Å². The molecule has 20 heavy (non-hydrogen) atoms. The first kappa shape index (κ1) is 12.1. The highest BCUT2D eigenvalue weighted by Gasteiger charge is 2.07. The van der Waals surface area contributed by atoms with Crippen LogP contribution in [0.5, 0.6) is 0 Å². The number of carbonyl (C=O) groups excluding carboxylic acids is 1. The van der Waals surface area contributed by atoms with Gasteiger partial charge in [0.15, 0.2) is 0 Å². The van der Waals surface area contributed by atoms with Crippen LogP contribution in [0.3, 0.4) is 0 Å². The van der Waals surface area contributed by atoms with Crippen LogP contribution in [0, 0.1) is 0 Å². The second-order valence-corrected chi connectivity index (χ2v) is 4.33. The Balaban J connectivity index is 1.87. The molecule has 0 atom stereocenters. The zero-order valence-electron chi connectivity index (χ0n) is 10.6. The van der Waals surface area contributed by atoms with Crippen molar-refractivity contribution in [1.29, 1.82) is 0 Å². The summed E-state index contributed by atoms with van der Waals surface area (Å²) in [6, 6.07) is 12.5. The number of nitrogens with zero attached hydrogens (tertiary/aromatic N) is 2. The van der Waals surface area contributed by atoms with Crippen molar-refractivity contribution in [3.8, 4) is 0 Å². The van der Waals surface area contributed by atoms with Crippen molar-refractivity contribution in [3.05, 3.63) is 60.4 Å². The van der Waals surface area contributed by atoms with Gasteiger partial charge >= 0.3 is 0 Å². The molecule has 0 unspecified atom stereocenters. The minimum atomic E-state index is -0.220. The fourth-order valence-corrected chi connectivity index (χ4v) is 1.95. The Bertz CT molecular complexity index is 785. The number of aromatic nitrogens is 2. The van der Waals surface area contributed by atoms with Crippen LogP contribution in [0.15, 0.2) is 54.9 Å². The van der Waals surface area contributed by atoms with Crippen molar-refractivity contribution in [3.63, 3.8) is 0 Å². The Morgan fingerprint density at radius 3 is 2.80 bits per heavy atom. The lowest BCUT2D eigenvalue weighted by Gasteiger charge is -2.06. The topological polar surface area (TPSA) is 80.9 Å². The quantitative estimate of drug-likeness (QED) is 0.745. The predicted molar refractivity (Wildman–Crippen MR) is 78.3 cm³/mol. The van der Waals surface area contributed by atoms with E-state index >= 15 is 0 Å². The van der Waals surface area contributed by atoms with Gasteiger partial charge < -0.3 is 11.1 Å². The normalized spacial score (nSPS) is 10.4. The summed E-state index contributed by atoms with van der Waals surface area (Å²) in [5, 5.41) is 3.80. The van der Waals surface area contributed by atoms with E-state index in [2.05, 4.69) is 15.3 Å². The highest BCUT2D eigenvalue weighted by Crippen LogP contribution is 2.17. The van der Waals surface area contributed by atoms with Crippen molar-refractivity contribution < 1.29 is 4.79 Å². The van der Waals surface area contributed by atoms with E-state index in [0.29, 0.717) is 17.1 Å². The summed E-state index contributed by atoms with van der Waals surface area (Å²) in [5.41, 5.74) is 7.64. The fraction of sp³-hybridized carbons (Fsp3) is 0. The van der Waals surface area contributed by atoms with Crippen LogP contribution in [-0.4, -0.2) is 15.9 Å². The number of carbonyl (C=O) groups is 1. The molecule has 3 rings (SSSR count). The highest BCUT2D eigenvalue weighted by atomic mass is 16.1. The van der Waals surface area contributed by atoms with Crippen LogP contribution < -0.4 is 11.1 Å². The molecule has 98 valence electrons. The van der Waals surface area contributed by atoms with Crippen molar-refractivity contribution in [2.24, 2.45) is 0 Å². The predicted octanol–water partition coefficient (Wildman–Crippen LogP) is 2.46. The minimum absolute atomic E-state index is 0.220. The zero-order valence-corrected chi connectivity index (χ0v) is 10.6. The molecule has 0 radical (unpaired) electrons. The van der Waals surface area contributed by atoms with E-state index < -0.39 is 0 Å². The van der Waals surface area contributed by atoms with Gasteiger partial charge in [-0.2, -0.15) is 0 Å². The number of nitrogens with one attached hydrogen (secondary N) is 1.